The van der Waals surface area contributed by atoms with E-state index in [1.54, 1.807) is 25.1 Å². The van der Waals surface area contributed by atoms with Crippen LogP contribution in [0.25, 0.3) is 0 Å². The number of aromatic nitrogens is 1. The number of nitrogens with one attached hydrogen (secondary N) is 2. The fraction of sp³-hybridized carbons (Fsp3) is 0.233. The van der Waals surface area contributed by atoms with Crippen LogP contribution in [0, 0.1) is 5.41 Å². The Kier molecular flexibility index (Phi) is 7.63. The molecule has 1 saturated heterocycles. The molecule has 0 spiro atoms. The molecule has 1 aliphatic rings. The van der Waals surface area contributed by atoms with Crippen LogP contribution in [0.3, 0.4) is 0 Å². The summed E-state index contributed by atoms with van der Waals surface area (Å²) >= 11 is 7.41. The van der Waals surface area contributed by atoms with Crippen LogP contribution < -0.4 is 20.3 Å². The van der Waals surface area contributed by atoms with Crippen LogP contribution in [-0.4, -0.2) is 23.1 Å². The SMILES string of the molecule is COc1cc(N2C(=S)N[C@@H](c3ccccn3)[C@@H]2c2ccc(Sc3ccccc3)o2)ccc1NC(=O)C(C)(C)C. The number of nitrogens with zero attached hydrogens (tertiary/aromatic N) is 2. The second-order valence-corrected chi connectivity index (χ2v) is 11.6. The number of ether oxygens (including phenoxy) is 1. The zero-order valence-corrected chi connectivity index (χ0v) is 23.8. The van der Waals surface area contributed by atoms with E-state index in [9.17, 15) is 4.79 Å². The van der Waals surface area contributed by atoms with Crippen molar-refractivity contribution >= 4 is 46.4 Å². The summed E-state index contributed by atoms with van der Waals surface area (Å²) < 4.78 is 12.1. The molecule has 2 atom stereocenters. The summed E-state index contributed by atoms with van der Waals surface area (Å²) in [7, 11) is 1.58. The molecule has 3 heterocycles. The number of methoxy groups -OCH3 is 1. The minimum absolute atomic E-state index is 0.0981. The molecule has 2 N–H and O–H groups in total. The Labute approximate surface area is 238 Å². The smallest absolute Gasteiger partial charge is 0.229 e. The van der Waals surface area contributed by atoms with Crippen LogP contribution in [-0.2, 0) is 4.79 Å². The number of anilines is 2. The molecule has 0 saturated carbocycles. The van der Waals surface area contributed by atoms with Gasteiger partial charge in [-0.25, -0.2) is 0 Å². The molecule has 5 rings (SSSR count). The molecule has 2 aromatic heterocycles. The van der Waals surface area contributed by atoms with Gasteiger partial charge in [0.15, 0.2) is 10.2 Å². The van der Waals surface area contributed by atoms with Gasteiger partial charge in [-0.3, -0.25) is 9.78 Å². The van der Waals surface area contributed by atoms with Gasteiger partial charge < -0.3 is 24.7 Å². The third-order valence-electron chi connectivity index (χ3n) is 6.35. The average Bonchev–Trinajstić information content (AvgIpc) is 3.53. The number of hydrogen-bond donors (Lipinski definition) is 2. The number of rotatable bonds is 7. The molecule has 0 unspecified atom stereocenters. The number of carbonyl (C=O) groups excluding carboxylic acids is 1. The topological polar surface area (TPSA) is 79.6 Å². The first kappa shape index (κ1) is 26.8. The molecule has 39 heavy (non-hydrogen) atoms. The zero-order valence-electron chi connectivity index (χ0n) is 22.2. The summed E-state index contributed by atoms with van der Waals surface area (Å²) in [5.74, 6) is 1.19. The van der Waals surface area contributed by atoms with Gasteiger partial charge in [0.1, 0.15) is 17.6 Å². The first-order valence-corrected chi connectivity index (χ1v) is 13.8. The molecule has 0 aliphatic carbocycles. The van der Waals surface area contributed by atoms with Crippen LogP contribution in [0.2, 0.25) is 0 Å². The molecule has 0 bridgehead atoms. The Hall–Kier alpha value is -3.82. The number of pyridine rings is 1. The number of benzene rings is 2. The summed E-state index contributed by atoms with van der Waals surface area (Å²) in [6.45, 7) is 5.61. The monoisotopic (exact) mass is 558 g/mol. The van der Waals surface area contributed by atoms with Crippen molar-refractivity contribution in [3.05, 3.63) is 96.5 Å². The van der Waals surface area contributed by atoms with Crippen molar-refractivity contribution in [2.24, 2.45) is 5.41 Å². The van der Waals surface area contributed by atoms with Gasteiger partial charge in [0.2, 0.25) is 5.91 Å². The quantitative estimate of drug-likeness (QED) is 0.235. The lowest BCUT2D eigenvalue weighted by molar-refractivity contribution is -0.123. The highest BCUT2D eigenvalue weighted by atomic mass is 32.2. The summed E-state index contributed by atoms with van der Waals surface area (Å²) in [6, 6.07) is 25.0. The lowest BCUT2D eigenvalue weighted by atomic mass is 9.95. The molecule has 2 aromatic carbocycles. The van der Waals surface area contributed by atoms with Crippen molar-refractivity contribution in [1.29, 1.82) is 0 Å². The summed E-state index contributed by atoms with van der Waals surface area (Å²) in [6.07, 6.45) is 1.77. The molecule has 0 radical (unpaired) electrons. The number of hydrogen-bond acceptors (Lipinski definition) is 6. The van der Waals surface area contributed by atoms with Crippen molar-refractivity contribution in [3.8, 4) is 5.75 Å². The van der Waals surface area contributed by atoms with Crippen LogP contribution in [0.5, 0.6) is 5.75 Å². The fourth-order valence-electron chi connectivity index (χ4n) is 4.32. The highest BCUT2D eigenvalue weighted by molar-refractivity contribution is 7.99. The molecule has 200 valence electrons. The van der Waals surface area contributed by atoms with Crippen molar-refractivity contribution in [1.82, 2.24) is 10.3 Å². The van der Waals surface area contributed by atoms with Crippen LogP contribution in [0.15, 0.2) is 99.5 Å². The van der Waals surface area contributed by atoms with E-state index in [2.05, 4.69) is 15.6 Å². The Morgan fingerprint density at radius 1 is 1.08 bits per heavy atom. The average molecular weight is 559 g/mol. The predicted molar refractivity (Wildman–Crippen MR) is 158 cm³/mol. The Morgan fingerprint density at radius 3 is 2.54 bits per heavy atom. The van der Waals surface area contributed by atoms with Gasteiger partial charge in [-0.1, -0.05) is 56.8 Å². The summed E-state index contributed by atoms with van der Waals surface area (Å²) in [5.41, 5.74) is 1.70. The van der Waals surface area contributed by atoms with Crippen molar-refractivity contribution < 1.29 is 13.9 Å². The number of carbonyl (C=O) groups is 1. The molecule has 1 aliphatic heterocycles. The van der Waals surface area contributed by atoms with E-state index in [0.717, 1.165) is 27.1 Å². The normalized spacial score (nSPS) is 17.1. The van der Waals surface area contributed by atoms with Crippen molar-refractivity contribution in [2.75, 3.05) is 17.3 Å². The maximum Gasteiger partial charge on any atom is 0.229 e. The van der Waals surface area contributed by atoms with E-state index in [1.807, 2.05) is 105 Å². The number of furan rings is 1. The maximum atomic E-state index is 12.6. The molecule has 9 heteroatoms. The molecule has 1 fully saturated rings. The molecule has 4 aromatic rings. The Balaban J connectivity index is 1.52. The maximum absolute atomic E-state index is 12.6. The Bertz CT molecular complexity index is 1470. The summed E-state index contributed by atoms with van der Waals surface area (Å²) in [4.78, 5) is 20.4. The first-order valence-electron chi connectivity index (χ1n) is 12.6. The van der Waals surface area contributed by atoms with E-state index in [1.165, 1.54) is 0 Å². The van der Waals surface area contributed by atoms with E-state index in [-0.39, 0.29) is 18.0 Å². The van der Waals surface area contributed by atoms with Gasteiger partial charge in [0.05, 0.1) is 24.5 Å². The summed E-state index contributed by atoms with van der Waals surface area (Å²) in [5, 5.41) is 7.74. The van der Waals surface area contributed by atoms with Gasteiger partial charge in [0.25, 0.3) is 0 Å². The third kappa shape index (κ3) is 5.79. The van der Waals surface area contributed by atoms with Gasteiger partial charge in [0, 0.05) is 28.3 Å². The highest BCUT2D eigenvalue weighted by Crippen LogP contribution is 2.44. The van der Waals surface area contributed by atoms with Gasteiger partial charge in [-0.05, 0) is 60.7 Å². The van der Waals surface area contributed by atoms with Gasteiger partial charge in [-0.15, -0.1) is 0 Å². The second-order valence-electron chi connectivity index (χ2n) is 10.2. The fourth-order valence-corrected chi connectivity index (χ4v) is 5.46. The van der Waals surface area contributed by atoms with E-state index < -0.39 is 5.41 Å². The lowest BCUT2D eigenvalue weighted by Gasteiger charge is -2.27. The second kappa shape index (κ2) is 11.1. The lowest BCUT2D eigenvalue weighted by Crippen LogP contribution is -2.30. The van der Waals surface area contributed by atoms with Gasteiger partial charge in [-0.2, -0.15) is 0 Å². The van der Waals surface area contributed by atoms with Crippen LogP contribution in [0.4, 0.5) is 11.4 Å². The minimum Gasteiger partial charge on any atom is -0.494 e. The zero-order chi connectivity index (χ0) is 27.6. The number of thiocarbonyl (C=S) groups is 1. The van der Waals surface area contributed by atoms with Crippen LogP contribution >= 0.6 is 24.0 Å². The minimum atomic E-state index is -0.542. The molecular formula is C30H30N4O3S2. The molecule has 1 amide bonds. The van der Waals surface area contributed by atoms with Crippen molar-refractivity contribution in [2.45, 2.75) is 42.8 Å². The first-order chi connectivity index (χ1) is 18.7. The van der Waals surface area contributed by atoms with Crippen LogP contribution in [0.1, 0.15) is 44.3 Å². The standard InChI is InChI=1S/C30H30N4O3S2/c1-30(2,3)28(35)32-21-14-13-19(18-24(21)36-4)34-27(26(33-29(34)38)22-12-8-9-17-31-22)23-15-16-25(37-23)39-20-10-6-5-7-11-20/h5-18,26-27H,1-4H3,(H,32,35)(H,33,38)/t26-,27-/m0/s1. The molecular weight excluding hydrogens is 528 g/mol. The highest BCUT2D eigenvalue weighted by Gasteiger charge is 2.43. The predicted octanol–water partition coefficient (Wildman–Crippen LogP) is 7.00. The molecule has 7 nitrogen and oxygen atoms in total. The number of amides is 1. The van der Waals surface area contributed by atoms with Crippen molar-refractivity contribution in [3.63, 3.8) is 0 Å². The third-order valence-corrected chi connectivity index (χ3v) is 7.59. The van der Waals surface area contributed by atoms with E-state index in [0.29, 0.717) is 16.5 Å². The Morgan fingerprint density at radius 2 is 1.85 bits per heavy atom. The van der Waals surface area contributed by atoms with E-state index in [4.69, 9.17) is 21.4 Å². The largest absolute Gasteiger partial charge is 0.494 e. The van der Waals surface area contributed by atoms with Gasteiger partial charge >= 0.3 is 0 Å². The van der Waals surface area contributed by atoms with E-state index >= 15 is 0 Å².